The van der Waals surface area contributed by atoms with Crippen molar-refractivity contribution in [3.8, 4) is 0 Å². The molecule has 2 aliphatic carbocycles. The first-order chi connectivity index (χ1) is 10.8. The molecule has 4 atom stereocenters. The van der Waals surface area contributed by atoms with Crippen molar-refractivity contribution in [2.45, 2.75) is 38.7 Å². The minimum absolute atomic E-state index is 0.0309. The first kappa shape index (κ1) is 14.6. The Bertz CT molecular complexity index is 720. The molecule has 0 spiro atoms. The second-order valence-electron chi connectivity index (χ2n) is 7.57. The fourth-order valence-corrected chi connectivity index (χ4v) is 5.19. The zero-order valence-electron chi connectivity index (χ0n) is 13.3. The second-order valence-corrected chi connectivity index (χ2v) is 7.57. The van der Waals surface area contributed by atoms with Crippen LogP contribution in [-0.2, 0) is 9.53 Å². The summed E-state index contributed by atoms with van der Waals surface area (Å²) in [5.74, 6) is 0.364. The van der Waals surface area contributed by atoms with Crippen molar-refractivity contribution in [1.29, 1.82) is 0 Å². The van der Waals surface area contributed by atoms with Gasteiger partial charge >= 0.3 is 0 Å². The monoisotopic (exact) mass is 316 g/mol. The number of nitrogens with one attached hydrogen (secondary N) is 1. The normalized spacial score (nSPS) is 40.3. The van der Waals surface area contributed by atoms with E-state index in [4.69, 9.17) is 4.74 Å². The number of hydrogen-bond donors (Lipinski definition) is 1. The van der Waals surface area contributed by atoms with E-state index in [1.54, 1.807) is 12.1 Å². The molecule has 4 unspecified atom stereocenters. The summed E-state index contributed by atoms with van der Waals surface area (Å²) in [5.41, 5.74) is -0.476. The number of nitro groups is 1. The predicted octanol–water partition coefficient (Wildman–Crippen LogP) is 3.13. The number of carbonyl (C=O) groups is 1. The van der Waals surface area contributed by atoms with E-state index < -0.39 is 10.5 Å². The third-order valence-electron chi connectivity index (χ3n) is 6.88. The number of amides is 1. The molecule has 0 aromatic heterocycles. The lowest BCUT2D eigenvalue weighted by Crippen LogP contribution is -2.52. The van der Waals surface area contributed by atoms with Crippen molar-refractivity contribution in [2.75, 3.05) is 11.9 Å². The number of rotatable bonds is 3. The van der Waals surface area contributed by atoms with Crippen LogP contribution in [0.5, 0.6) is 0 Å². The lowest BCUT2D eigenvalue weighted by molar-refractivity contribution is -0.384. The highest BCUT2D eigenvalue weighted by Gasteiger charge is 2.78. The second kappa shape index (κ2) is 4.32. The van der Waals surface area contributed by atoms with Crippen LogP contribution in [-0.4, -0.2) is 23.0 Å². The Hall–Kier alpha value is -1.95. The van der Waals surface area contributed by atoms with Gasteiger partial charge in [0.2, 0.25) is 0 Å². The quantitative estimate of drug-likeness (QED) is 0.686. The van der Waals surface area contributed by atoms with Crippen LogP contribution in [0.4, 0.5) is 11.4 Å². The van der Waals surface area contributed by atoms with Gasteiger partial charge in [0.1, 0.15) is 0 Å². The van der Waals surface area contributed by atoms with E-state index >= 15 is 0 Å². The molecule has 4 bridgehead atoms. The van der Waals surface area contributed by atoms with Gasteiger partial charge in [-0.05, 0) is 31.2 Å². The van der Waals surface area contributed by atoms with Crippen LogP contribution < -0.4 is 5.32 Å². The van der Waals surface area contributed by atoms with Crippen molar-refractivity contribution in [3.05, 3.63) is 34.4 Å². The van der Waals surface area contributed by atoms with Gasteiger partial charge < -0.3 is 10.1 Å². The molecule has 1 aromatic carbocycles. The topological polar surface area (TPSA) is 81.5 Å². The standard InChI is InChI=1S/C17H20N2O4/c1-15-10-23-17(9-11(15)6-7-16(15,17)2)14(20)18-12-4-3-5-13(8-12)19(21)22/h3-5,8,11H,6-7,9-10H2,1-2H3,(H,18,20). The number of nitro benzene ring substituents is 1. The Morgan fingerprint density at radius 3 is 2.87 bits per heavy atom. The zero-order chi connectivity index (χ0) is 16.5. The summed E-state index contributed by atoms with van der Waals surface area (Å²) in [6.07, 6.45) is 2.90. The van der Waals surface area contributed by atoms with Crippen molar-refractivity contribution in [2.24, 2.45) is 16.7 Å². The Labute approximate surface area is 134 Å². The number of anilines is 1. The number of nitrogens with zero attached hydrogens (tertiary/aromatic N) is 1. The van der Waals surface area contributed by atoms with Crippen LogP contribution in [0.25, 0.3) is 0 Å². The van der Waals surface area contributed by atoms with Crippen molar-refractivity contribution in [3.63, 3.8) is 0 Å². The third-order valence-corrected chi connectivity index (χ3v) is 6.88. The van der Waals surface area contributed by atoms with E-state index in [1.165, 1.54) is 12.1 Å². The minimum atomic E-state index is -0.796. The molecule has 3 aliphatic rings. The number of carbonyl (C=O) groups excluding carboxylic acids is 1. The molecule has 1 N–H and O–H groups in total. The maximum absolute atomic E-state index is 13.0. The van der Waals surface area contributed by atoms with Crippen LogP contribution in [0.2, 0.25) is 0 Å². The summed E-state index contributed by atoms with van der Waals surface area (Å²) in [4.78, 5) is 23.4. The van der Waals surface area contributed by atoms with Gasteiger partial charge in [0.15, 0.2) is 5.60 Å². The lowest BCUT2D eigenvalue weighted by Gasteiger charge is -2.39. The summed E-state index contributed by atoms with van der Waals surface area (Å²) >= 11 is 0. The van der Waals surface area contributed by atoms with Crippen LogP contribution in [0.15, 0.2) is 24.3 Å². The fourth-order valence-electron chi connectivity index (χ4n) is 5.19. The van der Waals surface area contributed by atoms with Gasteiger partial charge in [0.25, 0.3) is 11.6 Å². The molecule has 4 rings (SSSR count). The van der Waals surface area contributed by atoms with E-state index in [2.05, 4.69) is 19.2 Å². The number of benzene rings is 1. The first-order valence-electron chi connectivity index (χ1n) is 8.02. The maximum Gasteiger partial charge on any atom is 0.271 e. The van der Waals surface area contributed by atoms with E-state index in [0.717, 1.165) is 19.3 Å². The molecule has 6 nitrogen and oxygen atoms in total. The highest BCUT2D eigenvalue weighted by Crippen LogP contribution is 2.75. The molecule has 122 valence electrons. The summed E-state index contributed by atoms with van der Waals surface area (Å²) < 4.78 is 6.05. The fraction of sp³-hybridized carbons (Fsp3) is 0.588. The molecule has 1 heterocycles. The van der Waals surface area contributed by atoms with Gasteiger partial charge in [-0.3, -0.25) is 14.9 Å². The van der Waals surface area contributed by atoms with Crippen molar-refractivity contribution < 1.29 is 14.5 Å². The van der Waals surface area contributed by atoms with Gasteiger partial charge in [-0.2, -0.15) is 0 Å². The van der Waals surface area contributed by atoms with Gasteiger partial charge in [-0.1, -0.05) is 19.9 Å². The molecule has 1 aliphatic heterocycles. The SMILES string of the molecule is CC12COC3(C(=O)Nc4cccc([N+](=O)[O-])c4)CC1CCC32C. The Balaban J connectivity index is 1.64. The molecule has 1 aromatic rings. The molecule has 2 saturated carbocycles. The molecular weight excluding hydrogens is 296 g/mol. The molecule has 0 radical (unpaired) electrons. The number of ether oxygens (including phenoxy) is 1. The number of non-ortho nitro benzene ring substituents is 1. The highest BCUT2D eigenvalue weighted by atomic mass is 16.6. The average Bonchev–Trinajstić information content (AvgIpc) is 2.99. The van der Waals surface area contributed by atoms with Crippen LogP contribution >= 0.6 is 0 Å². The van der Waals surface area contributed by atoms with Gasteiger partial charge in [-0.15, -0.1) is 0 Å². The Morgan fingerprint density at radius 2 is 2.22 bits per heavy atom. The summed E-state index contributed by atoms with van der Waals surface area (Å²) in [6, 6.07) is 6.05. The third kappa shape index (κ3) is 1.59. The Kier molecular flexibility index (Phi) is 2.75. The van der Waals surface area contributed by atoms with Crippen LogP contribution in [0, 0.1) is 26.9 Å². The van der Waals surface area contributed by atoms with E-state index in [-0.39, 0.29) is 22.4 Å². The lowest BCUT2D eigenvalue weighted by atomic mass is 9.66. The first-order valence-corrected chi connectivity index (χ1v) is 8.02. The molecular formula is C17H20N2O4. The van der Waals surface area contributed by atoms with Gasteiger partial charge in [0, 0.05) is 28.7 Å². The van der Waals surface area contributed by atoms with Crippen LogP contribution in [0.3, 0.4) is 0 Å². The molecule has 1 saturated heterocycles. The van der Waals surface area contributed by atoms with Gasteiger partial charge in [-0.25, -0.2) is 0 Å². The minimum Gasteiger partial charge on any atom is -0.364 e. The molecule has 1 amide bonds. The van der Waals surface area contributed by atoms with E-state index in [0.29, 0.717) is 18.2 Å². The van der Waals surface area contributed by atoms with Gasteiger partial charge in [0.05, 0.1) is 11.5 Å². The average molecular weight is 316 g/mol. The smallest absolute Gasteiger partial charge is 0.271 e. The Morgan fingerprint density at radius 1 is 1.43 bits per heavy atom. The highest BCUT2D eigenvalue weighted by molar-refractivity contribution is 5.99. The van der Waals surface area contributed by atoms with E-state index in [1.807, 2.05) is 0 Å². The largest absolute Gasteiger partial charge is 0.364 e. The number of hydrogen-bond acceptors (Lipinski definition) is 4. The van der Waals surface area contributed by atoms with Crippen molar-refractivity contribution in [1.82, 2.24) is 0 Å². The summed E-state index contributed by atoms with van der Waals surface area (Å²) in [7, 11) is 0. The molecule has 23 heavy (non-hydrogen) atoms. The summed E-state index contributed by atoms with van der Waals surface area (Å²) in [5, 5.41) is 13.7. The predicted molar refractivity (Wildman–Crippen MR) is 84.0 cm³/mol. The molecule has 6 heteroatoms. The maximum atomic E-state index is 13.0. The van der Waals surface area contributed by atoms with Crippen LogP contribution in [0.1, 0.15) is 33.1 Å². The van der Waals surface area contributed by atoms with E-state index in [9.17, 15) is 14.9 Å². The van der Waals surface area contributed by atoms with Crippen molar-refractivity contribution >= 4 is 17.3 Å². The molecule has 3 fully saturated rings. The zero-order valence-corrected chi connectivity index (χ0v) is 13.3. The summed E-state index contributed by atoms with van der Waals surface area (Å²) in [6.45, 7) is 5.02.